The molecule has 1 saturated heterocycles. The Morgan fingerprint density at radius 1 is 1.00 bits per heavy atom. The van der Waals surface area contributed by atoms with Gasteiger partial charge in [-0.25, -0.2) is 4.79 Å². The molecule has 4 heteroatoms. The molecule has 1 atom stereocenters. The average molecular weight is 329 g/mol. The van der Waals surface area contributed by atoms with Crippen LogP contribution in [0.1, 0.15) is 63.0 Å². The SMILES string of the molecule is O=C(NCC(c1ccccc1)N1CCCC1)NC1CCCCCC1. The predicted molar refractivity (Wildman–Crippen MR) is 98.0 cm³/mol. The van der Waals surface area contributed by atoms with Crippen LogP contribution >= 0.6 is 0 Å². The molecule has 0 spiro atoms. The Bertz CT molecular complexity index is 491. The first-order valence-electron chi connectivity index (χ1n) is 9.66. The van der Waals surface area contributed by atoms with Crippen LogP contribution in [0.3, 0.4) is 0 Å². The van der Waals surface area contributed by atoms with Crippen LogP contribution in [0, 0.1) is 0 Å². The van der Waals surface area contributed by atoms with E-state index in [2.05, 4.69) is 45.9 Å². The lowest BCUT2D eigenvalue weighted by Gasteiger charge is -2.28. The summed E-state index contributed by atoms with van der Waals surface area (Å²) in [6.07, 6.45) is 9.88. The molecule has 1 aromatic rings. The molecule has 0 bridgehead atoms. The number of carbonyl (C=O) groups excluding carboxylic acids is 1. The van der Waals surface area contributed by atoms with Gasteiger partial charge in [-0.3, -0.25) is 4.90 Å². The minimum Gasteiger partial charge on any atom is -0.336 e. The van der Waals surface area contributed by atoms with Crippen molar-refractivity contribution >= 4 is 6.03 Å². The highest BCUT2D eigenvalue weighted by atomic mass is 16.2. The molecule has 2 fully saturated rings. The van der Waals surface area contributed by atoms with Gasteiger partial charge in [-0.15, -0.1) is 0 Å². The van der Waals surface area contributed by atoms with Crippen LogP contribution in [-0.2, 0) is 0 Å². The molecule has 1 aliphatic carbocycles. The summed E-state index contributed by atoms with van der Waals surface area (Å²) in [5, 5.41) is 6.32. The van der Waals surface area contributed by atoms with Crippen LogP contribution in [0.25, 0.3) is 0 Å². The third kappa shape index (κ3) is 4.97. The number of hydrogen-bond donors (Lipinski definition) is 2. The van der Waals surface area contributed by atoms with Gasteiger partial charge in [0, 0.05) is 12.6 Å². The molecule has 4 nitrogen and oxygen atoms in total. The van der Waals surface area contributed by atoms with E-state index in [0.717, 1.165) is 25.9 Å². The van der Waals surface area contributed by atoms with E-state index in [-0.39, 0.29) is 12.1 Å². The zero-order chi connectivity index (χ0) is 16.6. The molecule has 2 aliphatic rings. The summed E-state index contributed by atoms with van der Waals surface area (Å²) in [4.78, 5) is 14.8. The van der Waals surface area contributed by atoms with Gasteiger partial charge < -0.3 is 10.6 Å². The van der Waals surface area contributed by atoms with E-state index < -0.39 is 0 Å². The standard InChI is InChI=1S/C20H31N3O/c24-20(22-18-12-6-1-2-7-13-18)21-16-19(23-14-8-9-15-23)17-10-4-3-5-11-17/h3-5,10-11,18-19H,1-2,6-9,12-16H2,(H2,21,22,24). The van der Waals surface area contributed by atoms with Gasteiger partial charge in [-0.05, 0) is 44.3 Å². The summed E-state index contributed by atoms with van der Waals surface area (Å²) >= 11 is 0. The third-order valence-electron chi connectivity index (χ3n) is 5.41. The second-order valence-electron chi connectivity index (χ2n) is 7.21. The first-order chi connectivity index (χ1) is 11.8. The van der Waals surface area contributed by atoms with E-state index in [4.69, 9.17) is 0 Å². The number of nitrogens with one attached hydrogen (secondary N) is 2. The van der Waals surface area contributed by atoms with Gasteiger partial charge in [-0.1, -0.05) is 56.0 Å². The fourth-order valence-electron chi connectivity index (χ4n) is 4.04. The van der Waals surface area contributed by atoms with Gasteiger partial charge in [0.15, 0.2) is 0 Å². The number of amides is 2. The molecule has 1 heterocycles. The Balaban J connectivity index is 1.53. The lowest BCUT2D eigenvalue weighted by molar-refractivity contribution is 0.217. The van der Waals surface area contributed by atoms with Crippen molar-refractivity contribution in [2.45, 2.75) is 63.5 Å². The average Bonchev–Trinajstić information content (AvgIpc) is 3.01. The summed E-state index contributed by atoms with van der Waals surface area (Å²) in [7, 11) is 0. The van der Waals surface area contributed by atoms with Crippen LogP contribution in [0.2, 0.25) is 0 Å². The van der Waals surface area contributed by atoms with Gasteiger partial charge in [0.2, 0.25) is 0 Å². The monoisotopic (exact) mass is 329 g/mol. The zero-order valence-corrected chi connectivity index (χ0v) is 14.7. The highest BCUT2D eigenvalue weighted by molar-refractivity contribution is 5.74. The first-order valence-corrected chi connectivity index (χ1v) is 9.66. The van der Waals surface area contributed by atoms with Gasteiger partial charge in [0.25, 0.3) is 0 Å². The fraction of sp³-hybridized carbons (Fsp3) is 0.650. The summed E-state index contributed by atoms with van der Waals surface area (Å²) in [5.74, 6) is 0. The quantitative estimate of drug-likeness (QED) is 0.806. The molecule has 2 N–H and O–H groups in total. The van der Waals surface area contributed by atoms with Gasteiger partial charge in [0.1, 0.15) is 0 Å². The van der Waals surface area contributed by atoms with Crippen molar-refractivity contribution in [2.75, 3.05) is 19.6 Å². The lowest BCUT2D eigenvalue weighted by atomic mass is 10.1. The second kappa shape index (κ2) is 9.07. The third-order valence-corrected chi connectivity index (χ3v) is 5.41. The minimum atomic E-state index is 0.00188. The molecule has 1 unspecified atom stereocenters. The number of nitrogens with zero attached hydrogens (tertiary/aromatic N) is 1. The Morgan fingerprint density at radius 3 is 2.33 bits per heavy atom. The summed E-state index contributed by atoms with van der Waals surface area (Å²) in [6, 6.07) is 11.2. The molecular formula is C20H31N3O. The number of urea groups is 1. The number of rotatable bonds is 5. The molecule has 3 rings (SSSR count). The molecule has 1 aliphatic heterocycles. The van der Waals surface area contributed by atoms with Gasteiger partial charge in [-0.2, -0.15) is 0 Å². The highest BCUT2D eigenvalue weighted by Crippen LogP contribution is 2.24. The molecule has 2 amide bonds. The molecule has 0 aromatic heterocycles. The topological polar surface area (TPSA) is 44.4 Å². The Morgan fingerprint density at radius 2 is 1.67 bits per heavy atom. The van der Waals surface area contributed by atoms with Crippen molar-refractivity contribution in [1.29, 1.82) is 0 Å². The molecular weight excluding hydrogens is 298 g/mol. The molecule has 1 aromatic carbocycles. The second-order valence-corrected chi connectivity index (χ2v) is 7.21. The summed E-state index contributed by atoms with van der Waals surface area (Å²) in [5.41, 5.74) is 1.30. The Kier molecular flexibility index (Phi) is 6.53. The van der Waals surface area contributed by atoms with E-state index in [0.29, 0.717) is 12.6 Å². The first kappa shape index (κ1) is 17.3. The van der Waals surface area contributed by atoms with E-state index in [1.54, 1.807) is 0 Å². The Labute approximate surface area is 146 Å². The summed E-state index contributed by atoms with van der Waals surface area (Å²) < 4.78 is 0. The largest absolute Gasteiger partial charge is 0.336 e. The van der Waals surface area contributed by atoms with Crippen molar-refractivity contribution < 1.29 is 4.79 Å². The van der Waals surface area contributed by atoms with Crippen molar-refractivity contribution in [1.82, 2.24) is 15.5 Å². The van der Waals surface area contributed by atoms with Crippen LogP contribution in [-0.4, -0.2) is 36.6 Å². The number of carbonyl (C=O) groups is 1. The maximum atomic E-state index is 12.3. The van der Waals surface area contributed by atoms with Crippen LogP contribution < -0.4 is 10.6 Å². The number of benzene rings is 1. The van der Waals surface area contributed by atoms with Crippen molar-refractivity contribution in [2.24, 2.45) is 0 Å². The molecule has 0 radical (unpaired) electrons. The maximum absolute atomic E-state index is 12.3. The number of hydrogen-bond acceptors (Lipinski definition) is 2. The fourth-order valence-corrected chi connectivity index (χ4v) is 4.04. The molecule has 1 saturated carbocycles. The van der Waals surface area contributed by atoms with Crippen LogP contribution in [0.5, 0.6) is 0 Å². The lowest BCUT2D eigenvalue weighted by Crippen LogP contribution is -2.45. The van der Waals surface area contributed by atoms with E-state index in [9.17, 15) is 4.79 Å². The van der Waals surface area contributed by atoms with Crippen molar-refractivity contribution in [3.05, 3.63) is 35.9 Å². The van der Waals surface area contributed by atoms with E-state index >= 15 is 0 Å². The smallest absolute Gasteiger partial charge is 0.315 e. The normalized spacial score (nSPS) is 21.2. The maximum Gasteiger partial charge on any atom is 0.315 e. The number of likely N-dealkylation sites (tertiary alicyclic amines) is 1. The van der Waals surface area contributed by atoms with Crippen LogP contribution in [0.15, 0.2) is 30.3 Å². The molecule has 24 heavy (non-hydrogen) atoms. The molecule has 132 valence electrons. The van der Waals surface area contributed by atoms with Crippen molar-refractivity contribution in [3.63, 3.8) is 0 Å². The van der Waals surface area contributed by atoms with Crippen molar-refractivity contribution in [3.8, 4) is 0 Å². The minimum absolute atomic E-state index is 0.00188. The van der Waals surface area contributed by atoms with Gasteiger partial charge in [0.05, 0.1) is 6.04 Å². The van der Waals surface area contributed by atoms with E-state index in [1.165, 1.54) is 44.1 Å². The highest BCUT2D eigenvalue weighted by Gasteiger charge is 2.24. The zero-order valence-electron chi connectivity index (χ0n) is 14.7. The van der Waals surface area contributed by atoms with Gasteiger partial charge >= 0.3 is 6.03 Å². The Hall–Kier alpha value is -1.55. The van der Waals surface area contributed by atoms with Crippen LogP contribution in [0.4, 0.5) is 4.79 Å². The predicted octanol–water partition coefficient (Wildman–Crippen LogP) is 3.85. The summed E-state index contributed by atoms with van der Waals surface area (Å²) in [6.45, 7) is 2.94. The van der Waals surface area contributed by atoms with E-state index in [1.807, 2.05) is 0 Å².